The summed E-state index contributed by atoms with van der Waals surface area (Å²) in [5, 5.41) is 19.0. The maximum absolute atomic E-state index is 12.6. The Kier molecular flexibility index (Phi) is 4.20. The first-order chi connectivity index (χ1) is 9.04. The van der Waals surface area contributed by atoms with Crippen molar-refractivity contribution in [2.45, 2.75) is 19.0 Å². The zero-order valence-electron chi connectivity index (χ0n) is 9.32. The lowest BCUT2D eigenvalue weighted by Crippen LogP contribution is -2.17. The number of carboxylic acid groups (broad SMARTS) is 1. The Morgan fingerprint density at radius 3 is 2.35 bits per heavy atom. The summed E-state index contributed by atoms with van der Waals surface area (Å²) in [5.74, 6) is -1.71. The van der Waals surface area contributed by atoms with Gasteiger partial charge in [0, 0.05) is 11.6 Å². The molecule has 0 saturated carbocycles. The van der Waals surface area contributed by atoms with E-state index in [1.54, 1.807) is 0 Å². The lowest BCUT2D eigenvalue weighted by atomic mass is 10.1. The van der Waals surface area contributed by atoms with E-state index >= 15 is 0 Å². The molecule has 1 heterocycles. The molecule has 1 N–H and O–H groups in total. The van der Waals surface area contributed by atoms with Crippen LogP contribution >= 0.6 is 0 Å². The highest BCUT2D eigenvalue weighted by molar-refractivity contribution is 5.71. The van der Waals surface area contributed by atoms with Gasteiger partial charge in [-0.2, -0.15) is 13.2 Å². The van der Waals surface area contributed by atoms with Gasteiger partial charge in [0.05, 0.1) is 11.3 Å². The monoisotopic (exact) mass is 300 g/mol. The molecule has 110 valence electrons. The molecule has 0 spiro atoms. The molecular formula is C9H5F5N2O4. The highest BCUT2D eigenvalue weighted by Crippen LogP contribution is 2.36. The van der Waals surface area contributed by atoms with Crippen molar-refractivity contribution in [1.29, 1.82) is 0 Å². The lowest BCUT2D eigenvalue weighted by Gasteiger charge is -2.12. The van der Waals surface area contributed by atoms with E-state index in [9.17, 15) is 36.9 Å². The van der Waals surface area contributed by atoms with E-state index in [-0.39, 0.29) is 6.07 Å². The van der Waals surface area contributed by atoms with Crippen LogP contribution in [0.4, 0.5) is 27.6 Å². The Bertz CT molecular complexity index is 558. The molecule has 1 aromatic rings. The minimum absolute atomic E-state index is 0.158. The molecule has 0 radical (unpaired) electrons. The first-order valence-electron chi connectivity index (χ1n) is 4.79. The zero-order valence-corrected chi connectivity index (χ0v) is 9.32. The molecule has 0 saturated heterocycles. The quantitative estimate of drug-likeness (QED) is 0.524. The van der Waals surface area contributed by atoms with Crippen LogP contribution in [-0.2, 0) is 17.4 Å². The van der Waals surface area contributed by atoms with Crippen LogP contribution in [0.5, 0.6) is 0 Å². The molecule has 0 atom stereocenters. The molecule has 0 aliphatic rings. The fourth-order valence-corrected chi connectivity index (χ4v) is 1.41. The molecule has 0 amide bonds. The third-order valence-corrected chi connectivity index (χ3v) is 2.12. The summed E-state index contributed by atoms with van der Waals surface area (Å²) < 4.78 is 62.8. The Morgan fingerprint density at radius 2 is 2.00 bits per heavy atom. The van der Waals surface area contributed by atoms with E-state index in [1.165, 1.54) is 0 Å². The van der Waals surface area contributed by atoms with Gasteiger partial charge in [-0.15, -0.1) is 0 Å². The SMILES string of the molecule is O=C(O)Cc1cc([N+](=O)[O-])c(C(F)F)nc1C(F)(F)F. The molecule has 0 bridgehead atoms. The number of alkyl halides is 5. The fourth-order valence-electron chi connectivity index (χ4n) is 1.41. The smallest absolute Gasteiger partial charge is 0.433 e. The van der Waals surface area contributed by atoms with Crippen LogP contribution in [0.25, 0.3) is 0 Å². The van der Waals surface area contributed by atoms with Gasteiger partial charge >= 0.3 is 12.1 Å². The van der Waals surface area contributed by atoms with Crippen LogP contribution in [0.15, 0.2) is 6.07 Å². The van der Waals surface area contributed by atoms with Gasteiger partial charge in [-0.25, -0.2) is 13.8 Å². The minimum atomic E-state index is -5.20. The van der Waals surface area contributed by atoms with Gasteiger partial charge in [-0.05, 0) is 0 Å². The summed E-state index contributed by atoms with van der Waals surface area (Å²) in [6.07, 6.45) is -10.0. The second-order valence-corrected chi connectivity index (χ2v) is 3.53. The first-order valence-corrected chi connectivity index (χ1v) is 4.79. The Morgan fingerprint density at radius 1 is 1.45 bits per heavy atom. The van der Waals surface area contributed by atoms with E-state index in [0.717, 1.165) is 0 Å². The van der Waals surface area contributed by atoms with E-state index in [2.05, 4.69) is 4.98 Å². The Balaban J connectivity index is 3.60. The topological polar surface area (TPSA) is 93.3 Å². The number of rotatable bonds is 4. The molecule has 11 heteroatoms. The van der Waals surface area contributed by atoms with Gasteiger partial charge in [0.1, 0.15) is 5.69 Å². The molecule has 0 aliphatic heterocycles. The predicted octanol–water partition coefficient (Wildman–Crippen LogP) is 2.57. The predicted molar refractivity (Wildman–Crippen MR) is 52.2 cm³/mol. The number of aromatic nitrogens is 1. The second kappa shape index (κ2) is 5.35. The largest absolute Gasteiger partial charge is 0.481 e. The minimum Gasteiger partial charge on any atom is -0.481 e. The summed E-state index contributed by atoms with van der Waals surface area (Å²) in [5.41, 5.74) is -5.94. The van der Waals surface area contributed by atoms with E-state index < -0.39 is 52.6 Å². The van der Waals surface area contributed by atoms with Gasteiger partial charge in [-0.1, -0.05) is 0 Å². The zero-order chi connectivity index (χ0) is 15.7. The molecule has 1 rings (SSSR count). The maximum atomic E-state index is 12.6. The number of hydrogen-bond acceptors (Lipinski definition) is 4. The summed E-state index contributed by atoms with van der Waals surface area (Å²) in [4.78, 5) is 22.2. The number of nitrogens with zero attached hydrogens (tertiary/aromatic N) is 2. The van der Waals surface area contributed by atoms with Crippen molar-refractivity contribution in [2.24, 2.45) is 0 Å². The van der Waals surface area contributed by atoms with Crippen LogP contribution in [0.2, 0.25) is 0 Å². The number of carbonyl (C=O) groups is 1. The third kappa shape index (κ3) is 3.36. The van der Waals surface area contributed by atoms with Crippen LogP contribution < -0.4 is 0 Å². The van der Waals surface area contributed by atoms with Crippen molar-refractivity contribution >= 4 is 11.7 Å². The molecule has 0 aromatic carbocycles. The Labute approximate surface area is 107 Å². The van der Waals surface area contributed by atoms with Gasteiger partial charge < -0.3 is 5.11 Å². The van der Waals surface area contributed by atoms with Crippen LogP contribution in [0.1, 0.15) is 23.4 Å². The molecule has 0 aliphatic carbocycles. The average Bonchev–Trinajstić information content (AvgIpc) is 2.25. The van der Waals surface area contributed by atoms with Crippen molar-refractivity contribution in [1.82, 2.24) is 4.98 Å². The average molecular weight is 300 g/mol. The van der Waals surface area contributed by atoms with Crippen LogP contribution in [0.3, 0.4) is 0 Å². The van der Waals surface area contributed by atoms with Gasteiger partial charge in [0.25, 0.3) is 12.1 Å². The molecule has 20 heavy (non-hydrogen) atoms. The number of hydrogen-bond donors (Lipinski definition) is 1. The van der Waals surface area contributed by atoms with E-state index in [1.807, 2.05) is 0 Å². The van der Waals surface area contributed by atoms with Gasteiger partial charge in [0.15, 0.2) is 5.69 Å². The number of aliphatic carboxylic acids is 1. The van der Waals surface area contributed by atoms with Crippen molar-refractivity contribution in [3.8, 4) is 0 Å². The maximum Gasteiger partial charge on any atom is 0.433 e. The van der Waals surface area contributed by atoms with Crippen LogP contribution in [-0.4, -0.2) is 21.0 Å². The standard InChI is InChI=1S/C9H5F5N2O4/c10-8(11)6-4(16(19)20)1-3(2-5(17)18)7(15-6)9(12,13)14/h1,8H,2H2,(H,17,18). The first kappa shape index (κ1) is 15.7. The fraction of sp³-hybridized carbons (Fsp3) is 0.333. The normalized spacial score (nSPS) is 11.7. The lowest BCUT2D eigenvalue weighted by molar-refractivity contribution is -0.386. The number of halogens is 5. The number of pyridine rings is 1. The summed E-state index contributed by atoms with van der Waals surface area (Å²) >= 11 is 0. The van der Waals surface area contributed by atoms with Crippen molar-refractivity contribution in [3.63, 3.8) is 0 Å². The highest BCUT2D eigenvalue weighted by atomic mass is 19.4. The van der Waals surface area contributed by atoms with Crippen molar-refractivity contribution in [2.75, 3.05) is 0 Å². The second-order valence-electron chi connectivity index (χ2n) is 3.53. The van der Waals surface area contributed by atoms with Gasteiger partial charge in [0.2, 0.25) is 0 Å². The number of carboxylic acids is 1. The van der Waals surface area contributed by atoms with E-state index in [0.29, 0.717) is 0 Å². The molecule has 0 unspecified atom stereocenters. The summed E-state index contributed by atoms with van der Waals surface area (Å²) in [7, 11) is 0. The molecular weight excluding hydrogens is 295 g/mol. The summed E-state index contributed by atoms with van der Waals surface area (Å²) in [6, 6.07) is 0.158. The van der Waals surface area contributed by atoms with Crippen molar-refractivity contribution in [3.05, 3.63) is 33.1 Å². The number of nitro groups is 1. The highest BCUT2D eigenvalue weighted by Gasteiger charge is 2.39. The third-order valence-electron chi connectivity index (χ3n) is 2.12. The molecule has 1 aromatic heterocycles. The summed E-state index contributed by atoms with van der Waals surface area (Å²) in [6.45, 7) is 0. The van der Waals surface area contributed by atoms with Crippen LogP contribution in [0, 0.1) is 10.1 Å². The van der Waals surface area contributed by atoms with Gasteiger partial charge in [-0.3, -0.25) is 14.9 Å². The molecule has 0 fully saturated rings. The van der Waals surface area contributed by atoms with Crippen molar-refractivity contribution < 1.29 is 36.8 Å². The molecule has 6 nitrogen and oxygen atoms in total. The van der Waals surface area contributed by atoms with E-state index in [4.69, 9.17) is 5.11 Å². The Hall–Kier alpha value is -2.33.